The van der Waals surface area contributed by atoms with Gasteiger partial charge in [-0.15, -0.1) is 0 Å². The van der Waals surface area contributed by atoms with E-state index in [-0.39, 0.29) is 12.6 Å². The molecule has 2 atom stereocenters. The molecule has 1 saturated heterocycles. The number of aromatic nitrogens is 1. The second kappa shape index (κ2) is 5.38. The Kier molecular flexibility index (Phi) is 3.59. The lowest BCUT2D eigenvalue weighted by Crippen LogP contribution is -2.34. The zero-order chi connectivity index (χ0) is 14.1. The van der Waals surface area contributed by atoms with Crippen molar-refractivity contribution >= 4 is 16.6 Å². The monoisotopic (exact) mass is 271 g/mol. The molecule has 4 nitrogen and oxygen atoms in total. The van der Waals surface area contributed by atoms with Gasteiger partial charge in [0.05, 0.1) is 12.1 Å². The zero-order valence-corrected chi connectivity index (χ0v) is 11.8. The number of hydrogen-bond acceptors (Lipinski definition) is 4. The summed E-state index contributed by atoms with van der Waals surface area (Å²) in [4.78, 5) is 6.84. The number of nitrogens with zero attached hydrogens (tertiary/aromatic N) is 2. The molecule has 106 valence electrons. The van der Waals surface area contributed by atoms with Gasteiger partial charge in [-0.25, -0.2) is 0 Å². The smallest absolute Gasteiger partial charge is 0.0767 e. The summed E-state index contributed by atoms with van der Waals surface area (Å²) in [5.74, 6) is 0.549. The molecule has 3 N–H and O–H groups in total. The summed E-state index contributed by atoms with van der Waals surface area (Å²) in [6.07, 6.45) is 2.95. The lowest BCUT2D eigenvalue weighted by atomic mass is 10.0. The quantitative estimate of drug-likeness (QED) is 0.838. The number of pyridine rings is 1. The second-order valence-electron chi connectivity index (χ2n) is 5.70. The number of nitrogens with two attached hydrogens (primary N) is 1. The van der Waals surface area contributed by atoms with Crippen LogP contribution in [-0.4, -0.2) is 34.2 Å². The van der Waals surface area contributed by atoms with Crippen LogP contribution in [0, 0.1) is 5.92 Å². The van der Waals surface area contributed by atoms with E-state index in [0.29, 0.717) is 5.92 Å². The Labute approximate surface area is 119 Å². The number of aliphatic hydroxyl groups excluding tert-OH is 1. The van der Waals surface area contributed by atoms with Crippen molar-refractivity contribution in [3.8, 4) is 0 Å². The summed E-state index contributed by atoms with van der Waals surface area (Å²) in [5.41, 5.74) is 8.94. The van der Waals surface area contributed by atoms with Gasteiger partial charge in [-0.2, -0.15) is 0 Å². The molecule has 0 radical (unpaired) electrons. The maximum absolute atomic E-state index is 9.56. The highest BCUT2D eigenvalue weighted by atomic mass is 16.3. The molecule has 1 aromatic carbocycles. The summed E-state index contributed by atoms with van der Waals surface area (Å²) < 4.78 is 0. The minimum absolute atomic E-state index is 0.224. The molecule has 1 fully saturated rings. The minimum atomic E-state index is 0.224. The largest absolute Gasteiger partial charge is 0.398 e. The number of rotatable bonds is 3. The molecule has 1 aromatic heterocycles. The summed E-state index contributed by atoms with van der Waals surface area (Å²) in [6.45, 7) is 4.29. The fourth-order valence-electron chi connectivity index (χ4n) is 3.18. The lowest BCUT2D eigenvalue weighted by molar-refractivity contribution is 0.134. The van der Waals surface area contributed by atoms with Crippen LogP contribution in [0.5, 0.6) is 0 Å². The molecule has 0 aliphatic carbocycles. The van der Waals surface area contributed by atoms with E-state index in [2.05, 4.69) is 22.9 Å². The maximum Gasteiger partial charge on any atom is 0.0767 e. The molecule has 2 unspecified atom stereocenters. The molecule has 3 rings (SSSR count). The Morgan fingerprint density at radius 1 is 1.40 bits per heavy atom. The molecule has 0 spiro atoms. The van der Waals surface area contributed by atoms with E-state index < -0.39 is 0 Å². The molecule has 0 saturated carbocycles. The van der Waals surface area contributed by atoms with E-state index in [9.17, 15) is 5.11 Å². The number of nitrogen functional groups attached to an aromatic ring is 1. The Balaban J connectivity index is 1.94. The van der Waals surface area contributed by atoms with E-state index in [1.54, 1.807) is 6.20 Å². The Morgan fingerprint density at radius 2 is 2.25 bits per heavy atom. The van der Waals surface area contributed by atoms with Crippen LogP contribution in [-0.2, 0) is 6.54 Å². The Morgan fingerprint density at radius 3 is 3.05 bits per heavy atom. The van der Waals surface area contributed by atoms with Crippen molar-refractivity contribution in [2.24, 2.45) is 5.92 Å². The number of benzene rings is 1. The Bertz CT molecular complexity index is 614. The molecule has 4 heteroatoms. The number of hydrogen-bond donors (Lipinski definition) is 2. The summed E-state index contributed by atoms with van der Waals surface area (Å²) in [6, 6.07) is 8.19. The summed E-state index contributed by atoms with van der Waals surface area (Å²) in [5, 5.41) is 10.6. The first-order chi connectivity index (χ1) is 9.70. The first-order valence-corrected chi connectivity index (χ1v) is 7.17. The summed E-state index contributed by atoms with van der Waals surface area (Å²) in [7, 11) is 0. The number of fused-ring (bicyclic) bond motifs is 1. The summed E-state index contributed by atoms with van der Waals surface area (Å²) >= 11 is 0. The van der Waals surface area contributed by atoms with Crippen LogP contribution in [0.1, 0.15) is 18.9 Å². The van der Waals surface area contributed by atoms with Gasteiger partial charge >= 0.3 is 0 Å². The van der Waals surface area contributed by atoms with Gasteiger partial charge in [0.1, 0.15) is 0 Å². The first kappa shape index (κ1) is 13.3. The predicted octanol–water partition coefficient (Wildman–Crippen LogP) is 2.02. The zero-order valence-electron chi connectivity index (χ0n) is 11.8. The van der Waals surface area contributed by atoms with Crippen molar-refractivity contribution in [1.29, 1.82) is 0 Å². The van der Waals surface area contributed by atoms with Gasteiger partial charge in [-0.3, -0.25) is 9.88 Å². The molecule has 1 aliphatic heterocycles. The van der Waals surface area contributed by atoms with Crippen molar-refractivity contribution in [2.45, 2.75) is 25.9 Å². The fraction of sp³-hybridized carbons (Fsp3) is 0.438. The molecule has 20 heavy (non-hydrogen) atoms. The molecule has 1 aliphatic rings. The van der Waals surface area contributed by atoms with E-state index >= 15 is 0 Å². The van der Waals surface area contributed by atoms with Gasteiger partial charge < -0.3 is 10.8 Å². The van der Waals surface area contributed by atoms with E-state index in [4.69, 9.17) is 5.73 Å². The van der Waals surface area contributed by atoms with Crippen LogP contribution in [0.25, 0.3) is 10.9 Å². The van der Waals surface area contributed by atoms with Crippen molar-refractivity contribution in [1.82, 2.24) is 9.88 Å². The third kappa shape index (κ3) is 2.25. The highest BCUT2D eigenvalue weighted by Crippen LogP contribution is 2.28. The third-order valence-corrected chi connectivity index (χ3v) is 4.44. The molecule has 2 aromatic rings. The maximum atomic E-state index is 9.56. The normalized spacial score (nSPS) is 23.5. The van der Waals surface area contributed by atoms with Crippen LogP contribution in [0.4, 0.5) is 5.69 Å². The second-order valence-corrected chi connectivity index (χ2v) is 5.70. The highest BCUT2D eigenvalue weighted by Gasteiger charge is 2.30. The molecule has 2 heterocycles. The average molecular weight is 271 g/mol. The van der Waals surface area contributed by atoms with Crippen molar-refractivity contribution in [3.05, 3.63) is 36.0 Å². The average Bonchev–Trinajstić information content (AvgIpc) is 2.82. The van der Waals surface area contributed by atoms with Crippen molar-refractivity contribution in [2.75, 3.05) is 18.9 Å². The topological polar surface area (TPSA) is 62.4 Å². The minimum Gasteiger partial charge on any atom is -0.398 e. The van der Waals surface area contributed by atoms with E-state index in [0.717, 1.165) is 36.1 Å². The Hall–Kier alpha value is -1.65. The standard InChI is InChI=1S/C16H21N3O/c1-11-6-8-19(15(11)10-20)9-12-4-5-14(17)13-3-2-7-18-16(12)13/h2-5,7,11,15,20H,6,8-10,17H2,1H3. The first-order valence-electron chi connectivity index (χ1n) is 7.17. The van der Waals surface area contributed by atoms with E-state index in [1.165, 1.54) is 5.56 Å². The number of likely N-dealkylation sites (tertiary alicyclic amines) is 1. The number of aliphatic hydroxyl groups is 1. The van der Waals surface area contributed by atoms with Gasteiger partial charge in [0.15, 0.2) is 0 Å². The molecule has 0 bridgehead atoms. The van der Waals surface area contributed by atoms with Crippen LogP contribution in [0.15, 0.2) is 30.5 Å². The predicted molar refractivity (Wildman–Crippen MR) is 81.2 cm³/mol. The number of anilines is 1. The van der Waals surface area contributed by atoms with Gasteiger partial charge in [0.2, 0.25) is 0 Å². The van der Waals surface area contributed by atoms with Crippen LogP contribution < -0.4 is 5.73 Å². The fourth-order valence-corrected chi connectivity index (χ4v) is 3.18. The van der Waals surface area contributed by atoms with Crippen LogP contribution >= 0.6 is 0 Å². The molecule has 0 amide bonds. The van der Waals surface area contributed by atoms with Crippen molar-refractivity contribution in [3.63, 3.8) is 0 Å². The van der Waals surface area contributed by atoms with Gasteiger partial charge in [-0.05, 0) is 42.6 Å². The van der Waals surface area contributed by atoms with Gasteiger partial charge in [0, 0.05) is 29.9 Å². The van der Waals surface area contributed by atoms with Gasteiger partial charge in [0.25, 0.3) is 0 Å². The van der Waals surface area contributed by atoms with Crippen LogP contribution in [0.3, 0.4) is 0 Å². The van der Waals surface area contributed by atoms with Crippen molar-refractivity contribution < 1.29 is 5.11 Å². The lowest BCUT2D eigenvalue weighted by Gasteiger charge is -2.25. The van der Waals surface area contributed by atoms with Crippen LogP contribution in [0.2, 0.25) is 0 Å². The molecular formula is C16H21N3O. The third-order valence-electron chi connectivity index (χ3n) is 4.44. The SMILES string of the molecule is CC1CCN(Cc2ccc(N)c3cccnc23)C1CO. The van der Waals surface area contributed by atoms with E-state index in [1.807, 2.05) is 18.2 Å². The highest BCUT2D eigenvalue weighted by molar-refractivity contribution is 5.92. The van der Waals surface area contributed by atoms with Gasteiger partial charge in [-0.1, -0.05) is 13.0 Å². The molecular weight excluding hydrogens is 250 g/mol.